The van der Waals surface area contributed by atoms with Crippen LogP contribution in [0.2, 0.25) is 0 Å². The van der Waals surface area contributed by atoms with Gasteiger partial charge >= 0.3 is 7.60 Å². The minimum atomic E-state index is -3.54. The summed E-state index contributed by atoms with van der Waals surface area (Å²) in [5.41, 5.74) is 1.82. The Hall–Kier alpha value is -1.60. The first kappa shape index (κ1) is 17.5. The summed E-state index contributed by atoms with van der Waals surface area (Å²) in [5.74, 6) is 0. The third kappa shape index (κ3) is 4.71. The van der Waals surface area contributed by atoms with E-state index in [2.05, 4.69) is 0 Å². The lowest BCUT2D eigenvalue weighted by molar-refractivity contribution is 0.227. The van der Waals surface area contributed by atoms with Gasteiger partial charge in [0.05, 0.1) is 13.2 Å². The van der Waals surface area contributed by atoms with E-state index in [1.165, 1.54) is 0 Å². The summed E-state index contributed by atoms with van der Waals surface area (Å²) in [7, 11) is 0.360. The number of benzene rings is 1. The van der Waals surface area contributed by atoms with Crippen molar-refractivity contribution in [2.75, 3.05) is 32.2 Å². The van der Waals surface area contributed by atoms with Crippen LogP contribution in [0.1, 0.15) is 19.4 Å². The van der Waals surface area contributed by atoms with Crippen molar-refractivity contribution in [3.8, 4) is 6.07 Å². The highest BCUT2D eigenvalue weighted by Crippen LogP contribution is 2.56. The van der Waals surface area contributed by atoms with Gasteiger partial charge in [-0.25, -0.2) is 0 Å². The lowest BCUT2D eigenvalue weighted by Gasteiger charge is -2.16. The van der Waals surface area contributed by atoms with Gasteiger partial charge in [-0.2, -0.15) is 5.26 Å². The highest BCUT2D eigenvalue weighted by molar-refractivity contribution is 7.59. The predicted molar refractivity (Wildman–Crippen MR) is 85.2 cm³/mol. The van der Waals surface area contributed by atoms with Crippen molar-refractivity contribution in [3.63, 3.8) is 0 Å². The van der Waals surface area contributed by atoms with Gasteiger partial charge in [0.25, 0.3) is 0 Å². The first-order valence-corrected chi connectivity index (χ1v) is 8.30. The van der Waals surface area contributed by atoms with Crippen molar-refractivity contribution in [3.05, 3.63) is 35.1 Å². The van der Waals surface area contributed by atoms with E-state index in [0.29, 0.717) is 0 Å². The van der Waals surface area contributed by atoms with Crippen LogP contribution < -0.4 is 4.90 Å². The number of hydrogen-bond donors (Lipinski definition) is 0. The van der Waals surface area contributed by atoms with Gasteiger partial charge in [0.1, 0.15) is 11.4 Å². The fourth-order valence-corrected chi connectivity index (χ4v) is 3.18. The van der Waals surface area contributed by atoms with Crippen molar-refractivity contribution >= 4 is 19.4 Å². The van der Waals surface area contributed by atoms with Crippen LogP contribution in [0.3, 0.4) is 0 Å². The Balaban J connectivity index is 3.13. The molecule has 0 unspecified atom stereocenters. The van der Waals surface area contributed by atoms with Gasteiger partial charge in [-0.15, -0.1) is 0 Å². The maximum Gasteiger partial charge on any atom is 0.371 e. The molecule has 0 saturated carbocycles. The highest BCUT2D eigenvalue weighted by atomic mass is 31.2. The number of anilines is 1. The third-order valence-electron chi connectivity index (χ3n) is 2.72. The molecule has 0 aromatic heterocycles. The van der Waals surface area contributed by atoms with E-state index in [0.717, 1.165) is 11.3 Å². The van der Waals surface area contributed by atoms with Gasteiger partial charge in [0.15, 0.2) is 0 Å². The van der Waals surface area contributed by atoms with E-state index < -0.39 is 7.60 Å². The summed E-state index contributed by atoms with van der Waals surface area (Å²) >= 11 is 0. The van der Waals surface area contributed by atoms with E-state index in [1.54, 1.807) is 19.9 Å². The molecule has 0 aliphatic heterocycles. The molecule has 114 valence electrons. The average Bonchev–Trinajstić information content (AvgIpc) is 2.45. The lowest BCUT2D eigenvalue weighted by Crippen LogP contribution is -2.07. The Bertz CT molecular complexity index is 564. The minimum absolute atomic E-state index is 0.0174. The van der Waals surface area contributed by atoms with Crippen molar-refractivity contribution in [1.29, 1.82) is 5.26 Å². The number of hydrogen-bond acceptors (Lipinski definition) is 5. The molecular formula is C15H21N2O3P. The number of nitriles is 1. The summed E-state index contributed by atoms with van der Waals surface area (Å²) in [6, 6.07) is 9.50. The molecule has 0 fully saturated rings. The molecule has 0 saturated heterocycles. The molecule has 0 radical (unpaired) electrons. The van der Waals surface area contributed by atoms with Crippen LogP contribution in [-0.2, 0) is 13.6 Å². The smallest absolute Gasteiger partial charge is 0.371 e. The first-order valence-electron chi connectivity index (χ1n) is 6.75. The van der Waals surface area contributed by atoms with E-state index in [-0.39, 0.29) is 18.5 Å². The Labute approximate surface area is 126 Å². The van der Waals surface area contributed by atoms with Crippen LogP contribution in [0, 0.1) is 11.3 Å². The monoisotopic (exact) mass is 308 g/mol. The fourth-order valence-electron chi connectivity index (χ4n) is 1.72. The second kappa shape index (κ2) is 7.99. The number of allylic oxidation sites excluding steroid dienone is 1. The summed E-state index contributed by atoms with van der Waals surface area (Å²) in [6.45, 7) is 3.87. The van der Waals surface area contributed by atoms with Gasteiger partial charge in [-0.05, 0) is 37.6 Å². The van der Waals surface area contributed by atoms with Crippen LogP contribution in [0.15, 0.2) is 29.6 Å². The normalized spacial score (nSPS) is 12.0. The zero-order valence-corrected chi connectivity index (χ0v) is 13.8. The Kier molecular flexibility index (Phi) is 6.64. The molecule has 6 heteroatoms. The van der Waals surface area contributed by atoms with Gasteiger partial charge < -0.3 is 13.9 Å². The van der Waals surface area contributed by atoms with Gasteiger partial charge in [0, 0.05) is 19.8 Å². The molecule has 0 bridgehead atoms. The number of rotatable bonds is 7. The van der Waals surface area contributed by atoms with Crippen molar-refractivity contribution in [1.82, 2.24) is 0 Å². The van der Waals surface area contributed by atoms with Crippen molar-refractivity contribution in [2.24, 2.45) is 0 Å². The lowest BCUT2D eigenvalue weighted by atomic mass is 10.2. The second-order valence-electron chi connectivity index (χ2n) is 4.46. The largest absolute Gasteiger partial charge is 0.378 e. The van der Waals surface area contributed by atoms with E-state index in [1.807, 2.05) is 49.3 Å². The Morgan fingerprint density at radius 3 is 2.14 bits per heavy atom. The maximum absolute atomic E-state index is 12.6. The van der Waals surface area contributed by atoms with Crippen molar-refractivity contribution < 1.29 is 13.6 Å². The van der Waals surface area contributed by atoms with Crippen LogP contribution in [0.5, 0.6) is 0 Å². The van der Waals surface area contributed by atoms with Gasteiger partial charge in [0.2, 0.25) is 0 Å². The number of nitrogens with zero attached hydrogens (tertiary/aromatic N) is 2. The Morgan fingerprint density at radius 1 is 1.24 bits per heavy atom. The molecule has 1 rings (SSSR count). The molecule has 0 amide bonds. The predicted octanol–water partition coefficient (Wildman–Crippen LogP) is 3.88. The summed E-state index contributed by atoms with van der Waals surface area (Å²) in [6.07, 6.45) is 1.55. The molecule has 0 N–H and O–H groups in total. The topological polar surface area (TPSA) is 62.6 Å². The zero-order chi connectivity index (χ0) is 15.9. The molecular weight excluding hydrogens is 287 g/mol. The average molecular weight is 308 g/mol. The summed E-state index contributed by atoms with van der Waals surface area (Å²) in [4.78, 5) is 1.98. The van der Waals surface area contributed by atoms with Crippen LogP contribution in [-0.4, -0.2) is 27.3 Å². The molecule has 0 heterocycles. The third-order valence-corrected chi connectivity index (χ3v) is 4.74. The standard InChI is InChI=1S/C15H21N2O3P/c1-5-19-21(18,20-6-2)15(12-16)11-13-7-9-14(10-8-13)17(3)4/h7-11H,5-6H2,1-4H3/b15-11-. The SMILES string of the molecule is CCOP(=O)(OCC)/C(C#N)=C\c1ccc(N(C)C)cc1. The molecule has 0 atom stereocenters. The highest BCUT2D eigenvalue weighted by Gasteiger charge is 2.29. The summed E-state index contributed by atoms with van der Waals surface area (Å²) < 4.78 is 23.0. The van der Waals surface area contributed by atoms with Crippen LogP contribution in [0.4, 0.5) is 5.69 Å². The van der Waals surface area contributed by atoms with Crippen LogP contribution >= 0.6 is 7.60 Å². The van der Waals surface area contributed by atoms with E-state index in [4.69, 9.17) is 9.05 Å². The quantitative estimate of drug-likeness (QED) is 0.565. The molecule has 21 heavy (non-hydrogen) atoms. The summed E-state index contributed by atoms with van der Waals surface area (Å²) in [5, 5.41) is 9.28. The van der Waals surface area contributed by atoms with Crippen LogP contribution in [0.25, 0.3) is 6.08 Å². The second-order valence-corrected chi connectivity index (χ2v) is 6.45. The minimum Gasteiger partial charge on any atom is -0.378 e. The molecule has 1 aromatic rings. The first-order chi connectivity index (χ1) is 9.96. The molecule has 5 nitrogen and oxygen atoms in total. The maximum atomic E-state index is 12.6. The molecule has 1 aromatic carbocycles. The van der Waals surface area contributed by atoms with Crippen molar-refractivity contribution in [2.45, 2.75) is 13.8 Å². The fraction of sp³-hybridized carbons (Fsp3) is 0.400. The molecule has 0 aliphatic rings. The molecule has 0 aliphatic carbocycles. The van der Waals surface area contributed by atoms with E-state index in [9.17, 15) is 9.83 Å². The van der Waals surface area contributed by atoms with E-state index >= 15 is 0 Å². The zero-order valence-electron chi connectivity index (χ0n) is 12.9. The molecule has 0 spiro atoms. The van der Waals surface area contributed by atoms with Gasteiger partial charge in [-0.3, -0.25) is 4.57 Å². The Morgan fingerprint density at radius 2 is 1.76 bits per heavy atom. The van der Waals surface area contributed by atoms with Gasteiger partial charge in [-0.1, -0.05) is 12.1 Å².